The number of benzene rings is 1. The summed E-state index contributed by atoms with van der Waals surface area (Å²) >= 11 is 0. The molecule has 0 bridgehead atoms. The minimum Gasteiger partial charge on any atom is -0.313 e. The Hall–Kier alpha value is -0.890. The summed E-state index contributed by atoms with van der Waals surface area (Å²) in [6.07, 6.45) is 3.69. The first-order valence-electron chi connectivity index (χ1n) is 5.64. The first kappa shape index (κ1) is 10.6. The van der Waals surface area contributed by atoms with Crippen molar-refractivity contribution in [3.05, 3.63) is 35.1 Å². The van der Waals surface area contributed by atoms with Crippen molar-refractivity contribution in [1.82, 2.24) is 5.32 Å². The molecule has 0 radical (unpaired) electrons. The zero-order chi connectivity index (χ0) is 10.8. The molecule has 1 saturated carbocycles. The summed E-state index contributed by atoms with van der Waals surface area (Å²) in [7, 11) is 1.91. The summed E-state index contributed by atoms with van der Waals surface area (Å²) in [4.78, 5) is 0. The molecule has 0 heterocycles. The standard InChI is InChI=1S/C13H18FN/c1-9-3-6-11(12(14)7-9)13(15-2)8-10-4-5-10/h3,6-7,10,13,15H,4-5,8H2,1-2H3. The lowest BCUT2D eigenvalue weighted by molar-refractivity contribution is 0.484. The molecule has 15 heavy (non-hydrogen) atoms. The number of hydrogen-bond donors (Lipinski definition) is 1. The van der Waals surface area contributed by atoms with E-state index >= 15 is 0 Å². The lowest BCUT2D eigenvalue weighted by atomic mass is 9.99. The van der Waals surface area contributed by atoms with Gasteiger partial charge in [0, 0.05) is 11.6 Å². The van der Waals surface area contributed by atoms with Gasteiger partial charge in [-0.25, -0.2) is 4.39 Å². The van der Waals surface area contributed by atoms with Gasteiger partial charge in [-0.1, -0.05) is 25.0 Å². The predicted octanol–water partition coefficient (Wildman–Crippen LogP) is 3.19. The number of nitrogens with one attached hydrogen (secondary N) is 1. The molecule has 0 spiro atoms. The van der Waals surface area contributed by atoms with Gasteiger partial charge in [-0.2, -0.15) is 0 Å². The zero-order valence-electron chi connectivity index (χ0n) is 9.39. The molecular weight excluding hydrogens is 189 g/mol. The highest BCUT2D eigenvalue weighted by Gasteiger charge is 2.26. The van der Waals surface area contributed by atoms with Gasteiger partial charge in [0.1, 0.15) is 5.82 Å². The summed E-state index contributed by atoms with van der Waals surface area (Å²) in [5, 5.41) is 3.21. The average molecular weight is 207 g/mol. The largest absolute Gasteiger partial charge is 0.313 e. The molecule has 0 saturated heterocycles. The normalized spacial score (nSPS) is 17.8. The van der Waals surface area contributed by atoms with E-state index in [4.69, 9.17) is 0 Å². The lowest BCUT2D eigenvalue weighted by Gasteiger charge is -2.17. The molecule has 2 rings (SSSR count). The highest BCUT2D eigenvalue weighted by Crippen LogP contribution is 2.38. The number of rotatable bonds is 4. The highest BCUT2D eigenvalue weighted by molar-refractivity contribution is 5.26. The topological polar surface area (TPSA) is 12.0 Å². The van der Waals surface area contributed by atoms with E-state index in [1.165, 1.54) is 12.8 Å². The van der Waals surface area contributed by atoms with E-state index in [-0.39, 0.29) is 11.9 Å². The fourth-order valence-corrected chi connectivity index (χ4v) is 2.00. The van der Waals surface area contributed by atoms with Crippen molar-refractivity contribution in [2.24, 2.45) is 5.92 Å². The molecule has 1 fully saturated rings. The third-order valence-electron chi connectivity index (χ3n) is 3.15. The second-order valence-electron chi connectivity index (χ2n) is 4.55. The maximum Gasteiger partial charge on any atom is 0.128 e. The molecule has 1 aromatic rings. The van der Waals surface area contributed by atoms with Crippen molar-refractivity contribution in [3.63, 3.8) is 0 Å². The Balaban J connectivity index is 2.16. The van der Waals surface area contributed by atoms with Crippen LogP contribution in [0.2, 0.25) is 0 Å². The van der Waals surface area contributed by atoms with Crippen LogP contribution in [0.15, 0.2) is 18.2 Å². The maximum atomic E-state index is 13.7. The Morgan fingerprint density at radius 2 is 2.20 bits per heavy atom. The van der Waals surface area contributed by atoms with Crippen molar-refractivity contribution in [2.75, 3.05) is 7.05 Å². The Morgan fingerprint density at radius 3 is 2.73 bits per heavy atom. The van der Waals surface area contributed by atoms with Crippen molar-refractivity contribution < 1.29 is 4.39 Å². The van der Waals surface area contributed by atoms with Crippen molar-refractivity contribution in [3.8, 4) is 0 Å². The summed E-state index contributed by atoms with van der Waals surface area (Å²) in [5.74, 6) is 0.734. The third kappa shape index (κ3) is 2.57. The van der Waals surface area contributed by atoms with Crippen LogP contribution in [0.5, 0.6) is 0 Å². The van der Waals surface area contributed by atoms with Gasteiger partial charge in [-0.15, -0.1) is 0 Å². The highest BCUT2D eigenvalue weighted by atomic mass is 19.1. The number of hydrogen-bond acceptors (Lipinski definition) is 1. The molecular formula is C13H18FN. The average Bonchev–Trinajstić information content (AvgIpc) is 2.99. The molecule has 82 valence electrons. The molecule has 1 aromatic carbocycles. The molecule has 1 N–H and O–H groups in total. The molecule has 1 unspecified atom stereocenters. The van der Waals surface area contributed by atoms with Gasteiger partial charge in [0.05, 0.1) is 0 Å². The minimum absolute atomic E-state index is 0.0741. The van der Waals surface area contributed by atoms with Crippen LogP contribution >= 0.6 is 0 Å². The third-order valence-corrected chi connectivity index (χ3v) is 3.15. The predicted molar refractivity (Wildman–Crippen MR) is 60.3 cm³/mol. The molecule has 1 atom stereocenters. The van der Waals surface area contributed by atoms with Crippen LogP contribution in [0.4, 0.5) is 4.39 Å². The van der Waals surface area contributed by atoms with E-state index in [9.17, 15) is 4.39 Å². The molecule has 1 aliphatic rings. The van der Waals surface area contributed by atoms with Gasteiger partial charge in [0.15, 0.2) is 0 Å². The van der Waals surface area contributed by atoms with Crippen LogP contribution in [0, 0.1) is 18.7 Å². The lowest BCUT2D eigenvalue weighted by Crippen LogP contribution is -2.18. The van der Waals surface area contributed by atoms with Gasteiger partial charge >= 0.3 is 0 Å². The van der Waals surface area contributed by atoms with Gasteiger partial charge in [0.2, 0.25) is 0 Å². The Labute approximate surface area is 90.7 Å². The second kappa shape index (κ2) is 4.31. The molecule has 0 amide bonds. The molecule has 0 aliphatic heterocycles. The number of halogens is 1. The van der Waals surface area contributed by atoms with Gasteiger partial charge in [0.25, 0.3) is 0 Å². The SMILES string of the molecule is CNC(CC1CC1)c1ccc(C)cc1F. The van der Waals surface area contributed by atoms with Crippen molar-refractivity contribution >= 4 is 0 Å². The molecule has 1 nitrogen and oxygen atoms in total. The molecule has 1 aliphatic carbocycles. The quantitative estimate of drug-likeness (QED) is 0.799. The summed E-state index contributed by atoms with van der Waals surface area (Å²) in [6.45, 7) is 1.92. The fourth-order valence-electron chi connectivity index (χ4n) is 2.00. The van der Waals surface area contributed by atoms with E-state index in [2.05, 4.69) is 5.32 Å². The van der Waals surface area contributed by atoms with E-state index in [1.807, 2.05) is 26.1 Å². The first-order chi connectivity index (χ1) is 7.20. The fraction of sp³-hybridized carbons (Fsp3) is 0.538. The van der Waals surface area contributed by atoms with Crippen molar-refractivity contribution in [1.29, 1.82) is 0 Å². The Kier molecular flexibility index (Phi) is 3.06. The van der Waals surface area contributed by atoms with Crippen LogP contribution < -0.4 is 5.32 Å². The van der Waals surface area contributed by atoms with Crippen LogP contribution in [0.25, 0.3) is 0 Å². The summed E-state index contributed by atoms with van der Waals surface area (Å²) in [5.41, 5.74) is 1.80. The minimum atomic E-state index is -0.0741. The van der Waals surface area contributed by atoms with Crippen LogP contribution in [0.1, 0.15) is 36.4 Å². The molecule has 0 aromatic heterocycles. The van der Waals surface area contributed by atoms with Crippen molar-refractivity contribution in [2.45, 2.75) is 32.2 Å². The van der Waals surface area contributed by atoms with Crippen LogP contribution in [0.3, 0.4) is 0 Å². The summed E-state index contributed by atoms with van der Waals surface area (Å²) in [6, 6.07) is 5.69. The van der Waals surface area contributed by atoms with Gasteiger partial charge in [-0.05, 0) is 37.9 Å². The number of aryl methyl sites for hydroxylation is 1. The monoisotopic (exact) mass is 207 g/mol. The zero-order valence-corrected chi connectivity index (χ0v) is 9.39. The first-order valence-corrected chi connectivity index (χ1v) is 5.64. The Morgan fingerprint density at radius 1 is 1.47 bits per heavy atom. The van der Waals surface area contributed by atoms with E-state index in [0.717, 1.165) is 23.5 Å². The van der Waals surface area contributed by atoms with E-state index < -0.39 is 0 Å². The van der Waals surface area contributed by atoms with Crippen LogP contribution in [-0.2, 0) is 0 Å². The van der Waals surface area contributed by atoms with Crippen LogP contribution in [-0.4, -0.2) is 7.05 Å². The van der Waals surface area contributed by atoms with Gasteiger partial charge < -0.3 is 5.32 Å². The molecule has 2 heteroatoms. The Bertz CT molecular complexity index is 344. The van der Waals surface area contributed by atoms with E-state index in [1.54, 1.807) is 6.07 Å². The smallest absolute Gasteiger partial charge is 0.128 e. The van der Waals surface area contributed by atoms with E-state index in [0.29, 0.717) is 0 Å². The second-order valence-corrected chi connectivity index (χ2v) is 4.55. The summed E-state index contributed by atoms with van der Waals surface area (Å²) < 4.78 is 13.7. The van der Waals surface area contributed by atoms with Gasteiger partial charge in [-0.3, -0.25) is 0 Å². The maximum absolute atomic E-state index is 13.7.